The molecule has 1 aliphatic heterocycles. The van der Waals surface area contributed by atoms with Crippen LogP contribution in [0, 0.1) is 11.8 Å². The summed E-state index contributed by atoms with van der Waals surface area (Å²) in [5, 5.41) is 12.8. The zero-order chi connectivity index (χ0) is 13.7. The molecule has 2 fully saturated rings. The number of rotatable bonds is 7. The molecule has 1 saturated carbocycles. The molecule has 0 aromatic carbocycles. The average molecular weight is 268 g/mol. The monoisotopic (exact) mass is 268 g/mol. The van der Waals surface area contributed by atoms with Gasteiger partial charge in [-0.25, -0.2) is 0 Å². The Morgan fingerprint density at radius 2 is 2.11 bits per heavy atom. The van der Waals surface area contributed by atoms with Gasteiger partial charge in [-0.2, -0.15) is 0 Å². The zero-order valence-corrected chi connectivity index (χ0v) is 12.1. The van der Waals surface area contributed by atoms with Gasteiger partial charge in [0, 0.05) is 32.2 Å². The Balaban J connectivity index is 1.85. The molecule has 1 saturated heterocycles. The van der Waals surface area contributed by atoms with Crippen LogP contribution in [0.25, 0.3) is 0 Å². The van der Waals surface area contributed by atoms with Crippen molar-refractivity contribution in [2.24, 2.45) is 11.8 Å². The van der Waals surface area contributed by atoms with Crippen molar-refractivity contribution in [3.8, 4) is 0 Å². The molecule has 2 rings (SSSR count). The van der Waals surface area contributed by atoms with Gasteiger partial charge in [-0.1, -0.05) is 6.92 Å². The summed E-state index contributed by atoms with van der Waals surface area (Å²) < 4.78 is 0. The van der Waals surface area contributed by atoms with E-state index < -0.39 is 0 Å². The van der Waals surface area contributed by atoms with E-state index in [1.807, 2.05) is 4.90 Å². The molecule has 0 spiro atoms. The number of likely N-dealkylation sites (tertiary alicyclic amines) is 1. The van der Waals surface area contributed by atoms with Crippen LogP contribution in [0.2, 0.25) is 0 Å². The number of aliphatic hydroxyl groups is 1. The van der Waals surface area contributed by atoms with Gasteiger partial charge in [0.2, 0.25) is 5.91 Å². The number of carbonyl (C=O) groups excluding carboxylic acids is 1. The van der Waals surface area contributed by atoms with Gasteiger partial charge in [-0.15, -0.1) is 0 Å². The minimum absolute atomic E-state index is 0.232. The standard InChI is InChI=1S/C15H28N2O2/c1-2-3-15(19)17-10-13(6-7-18)8-14(11-17)16-9-12-4-5-12/h12-14,16,18H,2-11H2,1H3. The van der Waals surface area contributed by atoms with Gasteiger partial charge in [0.25, 0.3) is 0 Å². The van der Waals surface area contributed by atoms with Crippen LogP contribution in [0.5, 0.6) is 0 Å². The van der Waals surface area contributed by atoms with Crippen molar-refractivity contribution < 1.29 is 9.90 Å². The van der Waals surface area contributed by atoms with Crippen LogP contribution in [-0.2, 0) is 4.79 Å². The molecule has 0 bridgehead atoms. The lowest BCUT2D eigenvalue weighted by Crippen LogP contribution is -2.51. The predicted octanol–water partition coefficient (Wildman–Crippen LogP) is 1.39. The third-order valence-electron chi connectivity index (χ3n) is 4.28. The number of piperidine rings is 1. The quantitative estimate of drug-likeness (QED) is 0.733. The smallest absolute Gasteiger partial charge is 0.222 e. The first kappa shape index (κ1) is 14.8. The normalized spacial score (nSPS) is 27.6. The summed E-state index contributed by atoms with van der Waals surface area (Å²) in [5.41, 5.74) is 0. The lowest BCUT2D eigenvalue weighted by molar-refractivity contribution is -0.133. The first-order valence-electron chi connectivity index (χ1n) is 7.85. The van der Waals surface area contributed by atoms with Crippen molar-refractivity contribution in [2.45, 2.75) is 51.5 Å². The van der Waals surface area contributed by atoms with Crippen molar-refractivity contribution in [1.82, 2.24) is 10.2 Å². The molecule has 4 nitrogen and oxygen atoms in total. The predicted molar refractivity (Wildman–Crippen MR) is 75.8 cm³/mol. The number of hydrogen-bond acceptors (Lipinski definition) is 3. The van der Waals surface area contributed by atoms with Gasteiger partial charge in [-0.05, 0) is 50.5 Å². The summed E-state index contributed by atoms with van der Waals surface area (Å²) in [7, 11) is 0. The SMILES string of the molecule is CCCC(=O)N1CC(CCO)CC(NCC2CC2)C1. The Bertz CT molecular complexity index is 292. The van der Waals surface area contributed by atoms with Gasteiger partial charge in [0.05, 0.1) is 0 Å². The van der Waals surface area contributed by atoms with Crippen LogP contribution < -0.4 is 5.32 Å². The van der Waals surface area contributed by atoms with Crippen molar-refractivity contribution in [2.75, 3.05) is 26.2 Å². The van der Waals surface area contributed by atoms with Gasteiger partial charge < -0.3 is 15.3 Å². The first-order chi connectivity index (χ1) is 9.22. The number of aliphatic hydroxyl groups excluding tert-OH is 1. The molecule has 4 heteroatoms. The van der Waals surface area contributed by atoms with Crippen LogP contribution in [0.15, 0.2) is 0 Å². The molecule has 2 N–H and O–H groups in total. The van der Waals surface area contributed by atoms with E-state index in [-0.39, 0.29) is 12.5 Å². The Kier molecular flexibility index (Phi) is 5.64. The minimum Gasteiger partial charge on any atom is -0.396 e. The second kappa shape index (κ2) is 7.25. The van der Waals surface area contributed by atoms with Crippen LogP contribution in [-0.4, -0.2) is 48.2 Å². The number of amides is 1. The second-order valence-corrected chi connectivity index (χ2v) is 6.21. The molecule has 0 radical (unpaired) electrons. The molecule has 19 heavy (non-hydrogen) atoms. The van der Waals surface area contributed by atoms with Gasteiger partial charge in [0.1, 0.15) is 0 Å². The molecular weight excluding hydrogens is 240 g/mol. The van der Waals surface area contributed by atoms with Crippen LogP contribution >= 0.6 is 0 Å². The Labute approximate surface area is 116 Å². The lowest BCUT2D eigenvalue weighted by atomic mass is 9.91. The number of carbonyl (C=O) groups is 1. The van der Waals surface area contributed by atoms with E-state index in [1.54, 1.807) is 0 Å². The summed E-state index contributed by atoms with van der Waals surface area (Å²) in [6.07, 6.45) is 6.21. The van der Waals surface area contributed by atoms with Crippen LogP contribution in [0.3, 0.4) is 0 Å². The van der Waals surface area contributed by atoms with Gasteiger partial charge in [0.15, 0.2) is 0 Å². The molecule has 2 atom stereocenters. The maximum absolute atomic E-state index is 12.1. The number of nitrogens with one attached hydrogen (secondary N) is 1. The highest BCUT2D eigenvalue weighted by atomic mass is 16.3. The maximum Gasteiger partial charge on any atom is 0.222 e. The fraction of sp³-hybridized carbons (Fsp3) is 0.933. The van der Waals surface area contributed by atoms with Crippen molar-refractivity contribution in [1.29, 1.82) is 0 Å². The Morgan fingerprint density at radius 1 is 1.32 bits per heavy atom. The summed E-state index contributed by atoms with van der Waals surface area (Å²) >= 11 is 0. The van der Waals surface area contributed by atoms with Gasteiger partial charge >= 0.3 is 0 Å². The highest BCUT2D eigenvalue weighted by Crippen LogP contribution is 2.28. The fourth-order valence-corrected chi connectivity index (χ4v) is 2.97. The van der Waals surface area contributed by atoms with E-state index in [0.29, 0.717) is 18.4 Å². The topological polar surface area (TPSA) is 52.6 Å². The van der Waals surface area contributed by atoms with Gasteiger partial charge in [-0.3, -0.25) is 4.79 Å². The first-order valence-corrected chi connectivity index (χ1v) is 7.85. The Hall–Kier alpha value is -0.610. The Morgan fingerprint density at radius 3 is 2.74 bits per heavy atom. The van der Waals surface area contributed by atoms with E-state index in [2.05, 4.69) is 12.2 Å². The van der Waals surface area contributed by atoms with Crippen molar-refractivity contribution >= 4 is 5.91 Å². The molecule has 0 aromatic heterocycles. The lowest BCUT2D eigenvalue weighted by Gasteiger charge is -2.38. The van der Waals surface area contributed by atoms with E-state index in [0.717, 1.165) is 44.8 Å². The number of hydrogen-bond donors (Lipinski definition) is 2. The maximum atomic E-state index is 12.1. The van der Waals surface area contributed by atoms with E-state index in [9.17, 15) is 4.79 Å². The molecule has 2 unspecified atom stereocenters. The molecule has 1 heterocycles. The summed E-state index contributed by atoms with van der Waals surface area (Å²) in [6.45, 7) is 5.08. The number of nitrogens with zero attached hydrogens (tertiary/aromatic N) is 1. The molecule has 2 aliphatic rings. The third kappa shape index (κ3) is 4.77. The van der Waals surface area contributed by atoms with E-state index in [4.69, 9.17) is 5.11 Å². The molecule has 1 amide bonds. The molecule has 0 aromatic rings. The third-order valence-corrected chi connectivity index (χ3v) is 4.28. The van der Waals surface area contributed by atoms with Crippen molar-refractivity contribution in [3.63, 3.8) is 0 Å². The summed E-state index contributed by atoms with van der Waals surface area (Å²) in [6, 6.07) is 0.423. The van der Waals surface area contributed by atoms with Crippen molar-refractivity contribution in [3.05, 3.63) is 0 Å². The van der Waals surface area contributed by atoms with Crippen LogP contribution in [0.1, 0.15) is 45.4 Å². The van der Waals surface area contributed by atoms with Crippen LogP contribution in [0.4, 0.5) is 0 Å². The summed E-state index contributed by atoms with van der Waals surface area (Å²) in [4.78, 5) is 14.1. The molecule has 1 aliphatic carbocycles. The highest BCUT2D eigenvalue weighted by Gasteiger charge is 2.30. The zero-order valence-electron chi connectivity index (χ0n) is 12.1. The largest absolute Gasteiger partial charge is 0.396 e. The molecule has 110 valence electrons. The highest BCUT2D eigenvalue weighted by molar-refractivity contribution is 5.76. The second-order valence-electron chi connectivity index (χ2n) is 6.21. The minimum atomic E-state index is 0.232. The van der Waals surface area contributed by atoms with E-state index in [1.165, 1.54) is 12.8 Å². The molecular formula is C15H28N2O2. The summed E-state index contributed by atoms with van der Waals surface area (Å²) in [5.74, 6) is 1.61. The van der Waals surface area contributed by atoms with E-state index >= 15 is 0 Å². The average Bonchev–Trinajstić information content (AvgIpc) is 3.21. The fourth-order valence-electron chi connectivity index (χ4n) is 2.97.